The zero-order valence-electron chi connectivity index (χ0n) is 11.9. The first-order chi connectivity index (χ1) is 9.84. The zero-order chi connectivity index (χ0) is 15.5. The summed E-state index contributed by atoms with van der Waals surface area (Å²) in [6.45, 7) is 2.81. The van der Waals surface area contributed by atoms with E-state index in [0.29, 0.717) is 26.2 Å². The maximum Gasteiger partial charge on any atom is 0.310 e. The molecule has 0 spiro atoms. The molecule has 5 nitrogen and oxygen atoms in total. The van der Waals surface area contributed by atoms with Crippen molar-refractivity contribution < 1.29 is 9.36 Å². The van der Waals surface area contributed by atoms with E-state index in [1.807, 2.05) is 9.34 Å². The average molecular weight is 377 g/mol. The lowest BCUT2D eigenvalue weighted by Crippen LogP contribution is -2.46. The summed E-state index contributed by atoms with van der Waals surface area (Å²) in [5.74, 6) is -0.813. The lowest BCUT2D eigenvalue weighted by Gasteiger charge is -2.42. The van der Waals surface area contributed by atoms with Gasteiger partial charge in [0.1, 0.15) is 0 Å². The average Bonchev–Trinajstić information content (AvgIpc) is 2.48. The Hall–Kier alpha value is 0.490. The van der Waals surface area contributed by atoms with E-state index >= 15 is 0 Å². The van der Waals surface area contributed by atoms with Gasteiger partial charge in [0.05, 0.1) is 0 Å². The van der Waals surface area contributed by atoms with Crippen molar-refractivity contribution in [1.82, 2.24) is 14.4 Å². The Morgan fingerprint density at radius 1 is 0.857 bits per heavy atom. The van der Waals surface area contributed by atoms with Crippen LogP contribution in [0.1, 0.15) is 38.5 Å². The predicted molar refractivity (Wildman–Crippen MR) is 86.9 cm³/mol. The van der Waals surface area contributed by atoms with Gasteiger partial charge in [-0.05, 0) is 25.7 Å². The molecule has 0 aliphatic carbocycles. The van der Waals surface area contributed by atoms with Gasteiger partial charge in [0.15, 0.2) is 0 Å². The SMILES string of the molecule is O=C(NP(=O)(N1CCCCC1)N1CCCCC1)C(Cl)(Cl)Cl. The van der Waals surface area contributed by atoms with Crippen molar-refractivity contribution in [1.29, 1.82) is 0 Å². The second-order valence-corrected chi connectivity index (χ2v) is 10.2. The second kappa shape index (κ2) is 7.37. The van der Waals surface area contributed by atoms with Crippen LogP contribution in [-0.2, 0) is 9.36 Å². The number of rotatable bonds is 3. The lowest BCUT2D eigenvalue weighted by molar-refractivity contribution is -0.118. The third-order valence-electron chi connectivity index (χ3n) is 3.94. The van der Waals surface area contributed by atoms with Crippen LogP contribution in [0.2, 0.25) is 0 Å². The Balaban J connectivity index is 2.20. The summed E-state index contributed by atoms with van der Waals surface area (Å²) in [6, 6.07) is 0. The highest BCUT2D eigenvalue weighted by atomic mass is 35.6. The molecule has 2 aliphatic rings. The zero-order valence-corrected chi connectivity index (χ0v) is 15.0. The van der Waals surface area contributed by atoms with Gasteiger partial charge in [0.2, 0.25) is 0 Å². The number of carbonyl (C=O) groups is 1. The van der Waals surface area contributed by atoms with Gasteiger partial charge in [-0.2, -0.15) is 0 Å². The van der Waals surface area contributed by atoms with Gasteiger partial charge < -0.3 is 0 Å². The summed E-state index contributed by atoms with van der Waals surface area (Å²) in [4.78, 5) is 12.0. The first-order valence-electron chi connectivity index (χ1n) is 7.34. The van der Waals surface area contributed by atoms with Crippen molar-refractivity contribution in [3.05, 3.63) is 0 Å². The van der Waals surface area contributed by atoms with Crippen LogP contribution in [0.4, 0.5) is 0 Å². The van der Waals surface area contributed by atoms with Crippen molar-refractivity contribution in [3.8, 4) is 0 Å². The fourth-order valence-corrected chi connectivity index (χ4v) is 5.87. The number of nitrogens with zero attached hydrogens (tertiary/aromatic N) is 2. The molecule has 2 rings (SSSR count). The maximum atomic E-state index is 13.5. The number of carbonyl (C=O) groups excluding carboxylic acids is 1. The molecule has 0 aromatic rings. The van der Waals surface area contributed by atoms with Crippen LogP contribution >= 0.6 is 42.4 Å². The van der Waals surface area contributed by atoms with E-state index in [9.17, 15) is 9.36 Å². The highest BCUT2D eigenvalue weighted by molar-refractivity contribution is 7.57. The molecule has 0 unspecified atom stereocenters. The summed E-state index contributed by atoms with van der Waals surface area (Å²) in [7, 11) is -3.21. The van der Waals surface area contributed by atoms with E-state index in [-0.39, 0.29) is 0 Å². The number of amides is 1. The second-order valence-electron chi connectivity index (χ2n) is 5.51. The molecule has 0 radical (unpaired) electrons. The van der Waals surface area contributed by atoms with Gasteiger partial charge in [-0.15, -0.1) is 0 Å². The van der Waals surface area contributed by atoms with Gasteiger partial charge in [-0.25, -0.2) is 9.34 Å². The Morgan fingerprint density at radius 3 is 1.57 bits per heavy atom. The van der Waals surface area contributed by atoms with Gasteiger partial charge in [-0.3, -0.25) is 14.4 Å². The standard InChI is InChI=1S/C12H21Cl3N3O2P/c13-12(14,15)11(19)16-21(20,17-7-3-1-4-8-17)18-9-5-2-6-10-18/h1-10H2,(H,16,19,20). The summed E-state index contributed by atoms with van der Waals surface area (Å²) < 4.78 is 15.2. The van der Waals surface area contributed by atoms with Gasteiger partial charge >= 0.3 is 7.59 Å². The van der Waals surface area contributed by atoms with Gasteiger partial charge in [0.25, 0.3) is 9.70 Å². The van der Waals surface area contributed by atoms with Crippen LogP contribution in [0.3, 0.4) is 0 Å². The number of hydrogen-bond acceptors (Lipinski definition) is 2. The maximum absolute atomic E-state index is 13.5. The predicted octanol–water partition coefficient (Wildman–Crippen LogP) is 3.55. The number of piperidine rings is 2. The first kappa shape index (κ1) is 17.8. The normalized spacial score (nSPS) is 23.0. The minimum Gasteiger partial charge on any atom is -0.279 e. The fraction of sp³-hybridized carbons (Fsp3) is 0.917. The Morgan fingerprint density at radius 2 is 1.24 bits per heavy atom. The summed E-state index contributed by atoms with van der Waals surface area (Å²) >= 11 is 16.9. The molecule has 0 atom stereocenters. The third kappa shape index (κ3) is 4.49. The molecule has 9 heteroatoms. The molecular formula is C12H21Cl3N3O2P. The van der Waals surface area contributed by atoms with Crippen LogP contribution in [0.5, 0.6) is 0 Å². The van der Waals surface area contributed by atoms with E-state index in [1.54, 1.807) is 0 Å². The molecule has 0 bridgehead atoms. The Kier molecular flexibility index (Phi) is 6.26. The van der Waals surface area contributed by atoms with Crippen LogP contribution in [0, 0.1) is 0 Å². The molecule has 2 aliphatic heterocycles. The molecule has 0 aromatic carbocycles. The summed E-state index contributed by atoms with van der Waals surface area (Å²) in [5, 5.41) is 2.55. The Labute approximate surface area is 140 Å². The Bertz CT molecular complexity index is 396. The van der Waals surface area contributed by atoms with Gasteiger partial charge in [-0.1, -0.05) is 47.6 Å². The summed E-state index contributed by atoms with van der Waals surface area (Å²) in [5.41, 5.74) is 0. The van der Waals surface area contributed by atoms with E-state index < -0.39 is 17.3 Å². The van der Waals surface area contributed by atoms with Crippen molar-refractivity contribution in [2.45, 2.75) is 42.3 Å². The minimum absolute atomic E-state index is 0.702. The van der Waals surface area contributed by atoms with E-state index in [1.165, 1.54) is 0 Å². The van der Waals surface area contributed by atoms with Crippen LogP contribution < -0.4 is 5.09 Å². The quantitative estimate of drug-likeness (QED) is 0.604. The topological polar surface area (TPSA) is 52.7 Å². The molecular weight excluding hydrogens is 355 g/mol. The molecule has 2 heterocycles. The highest BCUT2D eigenvalue weighted by Crippen LogP contribution is 2.52. The van der Waals surface area contributed by atoms with Crippen molar-refractivity contribution >= 4 is 48.3 Å². The largest absolute Gasteiger partial charge is 0.310 e. The molecule has 2 fully saturated rings. The van der Waals surface area contributed by atoms with Gasteiger partial charge in [0, 0.05) is 26.2 Å². The lowest BCUT2D eigenvalue weighted by atomic mass is 10.2. The van der Waals surface area contributed by atoms with E-state index in [2.05, 4.69) is 5.09 Å². The third-order valence-corrected chi connectivity index (χ3v) is 7.28. The molecule has 21 heavy (non-hydrogen) atoms. The molecule has 0 aromatic heterocycles. The smallest absolute Gasteiger partial charge is 0.279 e. The monoisotopic (exact) mass is 375 g/mol. The van der Waals surface area contributed by atoms with Crippen molar-refractivity contribution in [2.75, 3.05) is 26.2 Å². The number of hydrogen-bond donors (Lipinski definition) is 1. The number of nitrogens with one attached hydrogen (secondary N) is 1. The first-order valence-corrected chi connectivity index (χ1v) is 10.1. The summed E-state index contributed by atoms with van der Waals surface area (Å²) in [6.07, 6.45) is 6.13. The fourth-order valence-electron chi connectivity index (χ4n) is 2.81. The highest BCUT2D eigenvalue weighted by Gasteiger charge is 2.43. The van der Waals surface area contributed by atoms with Crippen molar-refractivity contribution in [2.24, 2.45) is 0 Å². The molecule has 0 saturated carbocycles. The molecule has 2 saturated heterocycles. The molecule has 1 N–H and O–H groups in total. The minimum atomic E-state index is -3.21. The van der Waals surface area contributed by atoms with Crippen LogP contribution in [-0.4, -0.2) is 45.2 Å². The molecule has 1 amide bonds. The number of halogens is 3. The molecule has 122 valence electrons. The van der Waals surface area contributed by atoms with Crippen LogP contribution in [0.15, 0.2) is 0 Å². The van der Waals surface area contributed by atoms with Crippen LogP contribution in [0.25, 0.3) is 0 Å². The van der Waals surface area contributed by atoms with E-state index in [4.69, 9.17) is 34.8 Å². The van der Waals surface area contributed by atoms with Crippen molar-refractivity contribution in [3.63, 3.8) is 0 Å². The van der Waals surface area contributed by atoms with E-state index in [0.717, 1.165) is 38.5 Å². The number of alkyl halides is 3.